The lowest BCUT2D eigenvalue weighted by Gasteiger charge is -2.32. The first kappa shape index (κ1) is 15.2. The Bertz CT molecular complexity index is 477. The summed E-state index contributed by atoms with van der Waals surface area (Å²) in [5.41, 5.74) is 0.340. The molecule has 0 fully saturated rings. The second-order valence-electron chi connectivity index (χ2n) is 5.08. The van der Waals surface area contributed by atoms with Gasteiger partial charge < -0.3 is 9.84 Å². The van der Waals surface area contributed by atoms with E-state index in [0.29, 0.717) is 12.2 Å². The van der Waals surface area contributed by atoms with Crippen LogP contribution in [0.1, 0.15) is 32.8 Å². The van der Waals surface area contributed by atoms with Crippen molar-refractivity contribution in [3.05, 3.63) is 29.8 Å². The van der Waals surface area contributed by atoms with Gasteiger partial charge in [-0.1, -0.05) is 32.9 Å². The Morgan fingerprint density at radius 3 is 2.47 bits per heavy atom. The van der Waals surface area contributed by atoms with E-state index < -0.39 is 23.1 Å². The van der Waals surface area contributed by atoms with E-state index in [1.807, 2.05) is 45.0 Å². The molecule has 0 bridgehead atoms. The molecule has 0 heterocycles. The molecule has 0 saturated heterocycles. The normalized spacial score (nSPS) is 12.8. The predicted octanol–water partition coefficient (Wildman–Crippen LogP) is 2.65. The first-order valence-electron chi connectivity index (χ1n) is 6.26. The van der Waals surface area contributed by atoms with E-state index in [9.17, 15) is 9.59 Å². The fourth-order valence-corrected chi connectivity index (χ4v) is 2.40. The molecule has 0 aliphatic heterocycles. The minimum absolute atomic E-state index is 0.481. The van der Waals surface area contributed by atoms with Crippen LogP contribution in [0.15, 0.2) is 24.3 Å². The maximum atomic E-state index is 11.8. The minimum Gasteiger partial charge on any atom is -0.497 e. The van der Waals surface area contributed by atoms with Gasteiger partial charge >= 0.3 is 5.97 Å². The summed E-state index contributed by atoms with van der Waals surface area (Å²) in [7, 11) is 1.58. The molecule has 0 aromatic heterocycles. The van der Waals surface area contributed by atoms with E-state index >= 15 is 0 Å². The molecule has 1 rings (SSSR count). The monoisotopic (exact) mass is 264 g/mol. The van der Waals surface area contributed by atoms with Crippen LogP contribution in [0.3, 0.4) is 0 Å². The van der Waals surface area contributed by atoms with Crippen LogP contribution >= 0.6 is 0 Å². The van der Waals surface area contributed by atoms with E-state index in [0.717, 1.165) is 5.56 Å². The number of ether oxygens (including phenoxy) is 1. The zero-order valence-corrected chi connectivity index (χ0v) is 11.8. The van der Waals surface area contributed by atoms with Crippen LogP contribution in [-0.2, 0) is 15.0 Å². The molecule has 0 radical (unpaired) electrons. The maximum absolute atomic E-state index is 11.8. The topological polar surface area (TPSA) is 63.6 Å². The molecular formula is C15H20O4. The van der Waals surface area contributed by atoms with Crippen LogP contribution in [0.25, 0.3) is 0 Å². The maximum Gasteiger partial charge on any atom is 0.372 e. The molecule has 1 N–H and O–H groups in total. The van der Waals surface area contributed by atoms with Crippen molar-refractivity contribution in [1.82, 2.24) is 0 Å². The Balaban J connectivity index is 3.19. The Morgan fingerprint density at radius 2 is 2.00 bits per heavy atom. The molecule has 4 heteroatoms. The number of ketones is 1. The summed E-state index contributed by atoms with van der Waals surface area (Å²) in [6, 6.07) is 7.39. The van der Waals surface area contributed by atoms with E-state index in [-0.39, 0.29) is 0 Å². The highest BCUT2D eigenvalue weighted by atomic mass is 16.5. The number of hydrogen-bond acceptors (Lipinski definition) is 3. The van der Waals surface area contributed by atoms with Crippen molar-refractivity contribution in [2.24, 2.45) is 5.92 Å². The molecular weight excluding hydrogens is 244 g/mol. The lowest BCUT2D eigenvalue weighted by atomic mass is 9.70. The molecule has 1 atom stereocenters. The number of methoxy groups -OCH3 is 1. The second-order valence-corrected chi connectivity index (χ2v) is 5.08. The van der Waals surface area contributed by atoms with Gasteiger partial charge in [-0.05, 0) is 24.1 Å². The van der Waals surface area contributed by atoms with Gasteiger partial charge in [0.2, 0.25) is 5.78 Å². The average molecular weight is 264 g/mol. The summed E-state index contributed by atoms with van der Waals surface area (Å²) in [5, 5.41) is 8.92. The van der Waals surface area contributed by atoms with Crippen molar-refractivity contribution in [2.75, 3.05) is 7.11 Å². The van der Waals surface area contributed by atoms with Crippen molar-refractivity contribution in [2.45, 2.75) is 32.6 Å². The molecule has 4 nitrogen and oxygen atoms in total. The number of rotatable bonds is 6. The van der Waals surface area contributed by atoms with Crippen LogP contribution in [0.4, 0.5) is 0 Å². The van der Waals surface area contributed by atoms with Gasteiger partial charge in [0.05, 0.1) is 7.11 Å². The minimum atomic E-state index is -1.37. The van der Waals surface area contributed by atoms with Gasteiger partial charge in [-0.2, -0.15) is 0 Å². The number of carbonyl (C=O) groups excluding carboxylic acids is 1. The molecule has 0 aliphatic rings. The van der Waals surface area contributed by atoms with Crippen LogP contribution in [0.5, 0.6) is 5.75 Å². The van der Waals surface area contributed by atoms with Crippen molar-refractivity contribution in [3.63, 3.8) is 0 Å². The van der Waals surface area contributed by atoms with Crippen LogP contribution < -0.4 is 4.74 Å². The molecule has 0 saturated carbocycles. The van der Waals surface area contributed by atoms with E-state index in [4.69, 9.17) is 9.84 Å². The largest absolute Gasteiger partial charge is 0.497 e. The number of carbonyl (C=O) groups is 2. The van der Waals surface area contributed by atoms with E-state index in [1.54, 1.807) is 7.11 Å². The van der Waals surface area contributed by atoms with Gasteiger partial charge in [0, 0.05) is 11.3 Å². The van der Waals surface area contributed by atoms with Gasteiger partial charge in [-0.25, -0.2) is 4.79 Å². The van der Waals surface area contributed by atoms with Gasteiger partial charge in [0.1, 0.15) is 5.75 Å². The molecule has 1 aromatic carbocycles. The van der Waals surface area contributed by atoms with Crippen LogP contribution in [0, 0.1) is 5.92 Å². The molecule has 0 spiro atoms. The first-order chi connectivity index (χ1) is 8.84. The molecule has 1 aromatic rings. The van der Waals surface area contributed by atoms with Crippen molar-refractivity contribution < 1.29 is 19.4 Å². The molecule has 104 valence electrons. The molecule has 19 heavy (non-hydrogen) atoms. The second kappa shape index (κ2) is 5.87. The van der Waals surface area contributed by atoms with E-state index in [1.165, 1.54) is 0 Å². The summed E-state index contributed by atoms with van der Waals surface area (Å²) in [4.78, 5) is 22.7. The fraction of sp³-hybridized carbons (Fsp3) is 0.467. The Labute approximate surface area is 113 Å². The lowest BCUT2D eigenvalue weighted by Crippen LogP contribution is -2.38. The number of Topliss-reactive ketones (excluding diaryl/α,β-unsaturated/α-hetero) is 1. The van der Waals surface area contributed by atoms with Gasteiger partial charge in [0.25, 0.3) is 0 Å². The van der Waals surface area contributed by atoms with E-state index in [2.05, 4.69) is 0 Å². The summed E-state index contributed by atoms with van der Waals surface area (Å²) in [5.74, 6) is -1.97. The highest BCUT2D eigenvalue weighted by Gasteiger charge is 2.38. The number of aliphatic carboxylic acids is 1. The molecule has 0 aliphatic carbocycles. The Kier molecular flexibility index (Phi) is 4.70. The standard InChI is InChI=1S/C15H20O4/c1-5-12(13(16)14(17)18)15(2,3)10-7-6-8-11(9-10)19-4/h6-9,12H,5H2,1-4H3,(H,17,18). The number of hydrogen-bond donors (Lipinski definition) is 1. The Morgan fingerprint density at radius 1 is 1.37 bits per heavy atom. The van der Waals surface area contributed by atoms with Gasteiger partial charge in [0.15, 0.2) is 0 Å². The summed E-state index contributed by atoms with van der Waals surface area (Å²) in [6.07, 6.45) is 0.481. The van der Waals surface area contributed by atoms with Crippen LogP contribution in [0.2, 0.25) is 0 Å². The molecule has 0 amide bonds. The summed E-state index contributed by atoms with van der Waals surface area (Å²) < 4.78 is 5.17. The highest BCUT2D eigenvalue weighted by molar-refractivity contribution is 6.33. The highest BCUT2D eigenvalue weighted by Crippen LogP contribution is 2.35. The van der Waals surface area contributed by atoms with Gasteiger partial charge in [-0.3, -0.25) is 4.79 Å². The molecule has 1 unspecified atom stereocenters. The third-order valence-corrected chi connectivity index (χ3v) is 3.62. The average Bonchev–Trinajstić information content (AvgIpc) is 2.39. The first-order valence-corrected chi connectivity index (χ1v) is 6.26. The Hall–Kier alpha value is -1.84. The van der Waals surface area contributed by atoms with Gasteiger partial charge in [-0.15, -0.1) is 0 Å². The zero-order valence-electron chi connectivity index (χ0n) is 11.8. The van der Waals surface area contributed by atoms with Crippen molar-refractivity contribution in [3.8, 4) is 5.75 Å². The summed E-state index contributed by atoms with van der Waals surface area (Å²) in [6.45, 7) is 5.60. The predicted molar refractivity (Wildman–Crippen MR) is 72.4 cm³/mol. The SMILES string of the molecule is CCC(C(=O)C(=O)O)C(C)(C)c1cccc(OC)c1. The quantitative estimate of drug-likeness (QED) is 0.802. The van der Waals surface area contributed by atoms with Crippen LogP contribution in [-0.4, -0.2) is 24.0 Å². The number of carboxylic acid groups (broad SMARTS) is 1. The lowest BCUT2D eigenvalue weighted by molar-refractivity contribution is -0.152. The number of benzene rings is 1. The smallest absolute Gasteiger partial charge is 0.372 e. The number of carboxylic acids is 1. The zero-order chi connectivity index (χ0) is 14.6. The van der Waals surface area contributed by atoms with Crippen molar-refractivity contribution in [1.29, 1.82) is 0 Å². The van der Waals surface area contributed by atoms with Crippen molar-refractivity contribution >= 4 is 11.8 Å². The fourth-order valence-electron chi connectivity index (χ4n) is 2.40. The third-order valence-electron chi connectivity index (χ3n) is 3.62. The summed E-state index contributed by atoms with van der Waals surface area (Å²) >= 11 is 0. The third kappa shape index (κ3) is 3.13.